The van der Waals surface area contributed by atoms with Gasteiger partial charge in [0.25, 0.3) is 0 Å². The first-order valence-corrected chi connectivity index (χ1v) is 8.96. The zero-order valence-corrected chi connectivity index (χ0v) is 15.5. The molecule has 0 bridgehead atoms. The lowest BCUT2D eigenvalue weighted by Gasteiger charge is -2.17. The molecule has 3 rings (SSSR count). The topological polar surface area (TPSA) is 50.4 Å². The molecule has 1 amide bonds. The molecule has 0 saturated heterocycles. The van der Waals surface area contributed by atoms with Crippen LogP contribution in [0.4, 0.5) is 5.69 Å². The molecule has 130 valence electrons. The van der Waals surface area contributed by atoms with Gasteiger partial charge in [0.1, 0.15) is 5.75 Å². The molecule has 2 aliphatic rings. The van der Waals surface area contributed by atoms with Crippen LogP contribution < -0.4 is 15.4 Å². The van der Waals surface area contributed by atoms with Crippen LogP contribution in [0.15, 0.2) is 12.1 Å². The second-order valence-corrected chi connectivity index (χ2v) is 5.41. The predicted molar refractivity (Wildman–Crippen MR) is 97.5 cm³/mol. The number of ether oxygens (including phenoxy) is 1. The van der Waals surface area contributed by atoms with Crippen molar-refractivity contribution >= 4 is 11.6 Å². The van der Waals surface area contributed by atoms with E-state index in [1.165, 1.54) is 16.8 Å². The minimum absolute atomic E-state index is 0.0421. The van der Waals surface area contributed by atoms with Crippen molar-refractivity contribution in [1.29, 1.82) is 0 Å². The van der Waals surface area contributed by atoms with Gasteiger partial charge in [0.2, 0.25) is 5.91 Å². The highest BCUT2D eigenvalue weighted by molar-refractivity contribution is 5.72. The summed E-state index contributed by atoms with van der Waals surface area (Å²) in [5.41, 5.74) is 4.01. The summed E-state index contributed by atoms with van der Waals surface area (Å²) in [7, 11) is 0. The molecule has 1 aromatic carbocycles. The number of carbonyl (C=O) groups is 1. The number of nitrogens with one attached hydrogen (secondary N) is 2. The van der Waals surface area contributed by atoms with Gasteiger partial charge in [0.05, 0.1) is 6.61 Å². The van der Waals surface area contributed by atoms with Gasteiger partial charge < -0.3 is 15.4 Å². The van der Waals surface area contributed by atoms with E-state index < -0.39 is 0 Å². The first kappa shape index (κ1) is 19.3. The van der Waals surface area contributed by atoms with Crippen LogP contribution in [0.5, 0.6) is 5.75 Å². The van der Waals surface area contributed by atoms with Gasteiger partial charge in [-0.2, -0.15) is 0 Å². The molecule has 2 N–H and O–H groups in total. The third-order valence-corrected chi connectivity index (χ3v) is 4.11. The molecule has 4 nitrogen and oxygen atoms in total. The van der Waals surface area contributed by atoms with Gasteiger partial charge in [0, 0.05) is 43.1 Å². The second-order valence-electron chi connectivity index (χ2n) is 5.41. The van der Waals surface area contributed by atoms with Gasteiger partial charge in [-0.1, -0.05) is 27.7 Å². The van der Waals surface area contributed by atoms with Crippen molar-refractivity contribution < 1.29 is 9.53 Å². The van der Waals surface area contributed by atoms with E-state index in [1.54, 1.807) is 6.92 Å². The zero-order chi connectivity index (χ0) is 17.4. The van der Waals surface area contributed by atoms with Crippen molar-refractivity contribution in [2.45, 2.75) is 66.3 Å². The van der Waals surface area contributed by atoms with Crippen molar-refractivity contribution in [2.75, 3.05) is 18.5 Å². The molecule has 2 heterocycles. The smallest absolute Gasteiger partial charge is 0.216 e. The zero-order valence-electron chi connectivity index (χ0n) is 15.5. The maximum atomic E-state index is 11.0. The number of amides is 1. The van der Waals surface area contributed by atoms with Gasteiger partial charge >= 0.3 is 0 Å². The Morgan fingerprint density at radius 2 is 2.00 bits per heavy atom. The summed E-state index contributed by atoms with van der Waals surface area (Å²) in [6.07, 6.45) is 1.97. The molecule has 2 atom stereocenters. The molecule has 1 aromatic rings. The monoisotopic (exact) mass is 320 g/mol. The van der Waals surface area contributed by atoms with Gasteiger partial charge in [0.15, 0.2) is 0 Å². The van der Waals surface area contributed by atoms with Gasteiger partial charge in [-0.05, 0) is 31.0 Å². The highest BCUT2D eigenvalue weighted by Gasteiger charge is 2.33. The highest BCUT2D eigenvalue weighted by atomic mass is 16.5. The molecule has 0 saturated carbocycles. The summed E-state index contributed by atoms with van der Waals surface area (Å²) in [5.74, 6) is 1.54. The van der Waals surface area contributed by atoms with Crippen molar-refractivity contribution in [3.63, 3.8) is 0 Å². The Hall–Kier alpha value is -1.71. The van der Waals surface area contributed by atoms with Crippen LogP contribution in [-0.2, 0) is 11.2 Å². The number of rotatable bonds is 3. The average molecular weight is 320 g/mol. The van der Waals surface area contributed by atoms with Crippen LogP contribution in [-0.4, -0.2) is 25.1 Å². The van der Waals surface area contributed by atoms with E-state index >= 15 is 0 Å². The van der Waals surface area contributed by atoms with Crippen LogP contribution in [0.25, 0.3) is 0 Å². The average Bonchev–Trinajstić information content (AvgIpc) is 3.15. The highest BCUT2D eigenvalue weighted by Crippen LogP contribution is 2.45. The summed E-state index contributed by atoms with van der Waals surface area (Å²) in [6, 6.07) is 4.60. The Kier molecular flexibility index (Phi) is 7.93. The largest absolute Gasteiger partial charge is 0.493 e. The maximum Gasteiger partial charge on any atom is 0.216 e. The number of fused-ring (bicyclic) bond motifs is 3. The van der Waals surface area contributed by atoms with Gasteiger partial charge in [-0.3, -0.25) is 4.79 Å². The third kappa shape index (κ3) is 4.40. The Balaban J connectivity index is 0.000000615. The summed E-state index contributed by atoms with van der Waals surface area (Å²) in [4.78, 5) is 11.0. The minimum atomic E-state index is 0.0421. The number of hydrogen-bond acceptors (Lipinski definition) is 3. The van der Waals surface area contributed by atoms with E-state index in [2.05, 4.69) is 29.7 Å². The second kappa shape index (κ2) is 9.43. The Morgan fingerprint density at radius 3 is 2.65 bits per heavy atom. The molecule has 23 heavy (non-hydrogen) atoms. The SMILES string of the molecule is CC.CC.CC(=O)NCCC1c2c(ccc3c2CCO3)NC1C. The van der Waals surface area contributed by atoms with Crippen molar-refractivity contribution in [3.05, 3.63) is 23.3 Å². The van der Waals surface area contributed by atoms with E-state index in [-0.39, 0.29) is 5.91 Å². The van der Waals surface area contributed by atoms with E-state index in [0.29, 0.717) is 12.0 Å². The molecule has 4 heteroatoms. The van der Waals surface area contributed by atoms with Crippen LogP contribution in [0.2, 0.25) is 0 Å². The quantitative estimate of drug-likeness (QED) is 0.881. The number of benzene rings is 1. The van der Waals surface area contributed by atoms with Crippen LogP contribution in [0, 0.1) is 0 Å². The Morgan fingerprint density at radius 1 is 1.30 bits per heavy atom. The number of hydrogen-bond donors (Lipinski definition) is 2. The van der Waals surface area contributed by atoms with E-state index in [0.717, 1.165) is 31.7 Å². The molecule has 0 aliphatic carbocycles. The summed E-state index contributed by atoms with van der Waals surface area (Å²) in [6.45, 7) is 13.3. The summed E-state index contributed by atoms with van der Waals surface area (Å²) >= 11 is 0. The molecular weight excluding hydrogens is 288 g/mol. The minimum Gasteiger partial charge on any atom is -0.493 e. The number of carbonyl (C=O) groups excluding carboxylic acids is 1. The Labute approximate surface area is 141 Å². The van der Waals surface area contributed by atoms with Crippen LogP contribution in [0.3, 0.4) is 0 Å². The third-order valence-electron chi connectivity index (χ3n) is 4.11. The fourth-order valence-electron chi connectivity index (χ4n) is 3.24. The molecule has 2 aliphatic heterocycles. The lowest BCUT2D eigenvalue weighted by Crippen LogP contribution is -2.25. The predicted octanol–water partition coefficient (Wildman–Crippen LogP) is 4.10. The fraction of sp³-hybridized carbons (Fsp3) is 0.632. The van der Waals surface area contributed by atoms with E-state index in [4.69, 9.17) is 4.74 Å². The van der Waals surface area contributed by atoms with Crippen LogP contribution >= 0.6 is 0 Å². The molecule has 0 fully saturated rings. The number of anilines is 1. The Bertz CT molecular complexity index is 514. The van der Waals surface area contributed by atoms with Crippen LogP contribution in [0.1, 0.15) is 65.0 Å². The molecule has 0 aromatic heterocycles. The van der Waals surface area contributed by atoms with Gasteiger partial charge in [-0.15, -0.1) is 0 Å². The summed E-state index contributed by atoms with van der Waals surface area (Å²) in [5, 5.41) is 6.44. The molecular formula is C19H32N2O2. The lowest BCUT2D eigenvalue weighted by molar-refractivity contribution is -0.118. The first-order chi connectivity index (χ1) is 11.2. The lowest BCUT2D eigenvalue weighted by atomic mass is 9.88. The van der Waals surface area contributed by atoms with Gasteiger partial charge in [-0.25, -0.2) is 0 Å². The standard InChI is InChI=1S/C15H20N2O2.2C2H6/c1-9-11(5-7-16-10(2)18)15-12-6-8-19-14(12)4-3-13(15)17-9;2*1-2/h3-4,9,11,17H,5-8H2,1-2H3,(H,16,18);2*1-2H3. The van der Waals surface area contributed by atoms with E-state index in [1.807, 2.05) is 27.7 Å². The summed E-state index contributed by atoms with van der Waals surface area (Å²) < 4.78 is 5.65. The first-order valence-electron chi connectivity index (χ1n) is 8.96. The maximum absolute atomic E-state index is 11.0. The fourth-order valence-corrected chi connectivity index (χ4v) is 3.24. The van der Waals surface area contributed by atoms with Crippen molar-refractivity contribution in [3.8, 4) is 5.75 Å². The van der Waals surface area contributed by atoms with Crippen molar-refractivity contribution in [1.82, 2.24) is 5.32 Å². The normalized spacial score (nSPS) is 19.7. The molecule has 0 spiro atoms. The molecule has 2 unspecified atom stereocenters. The van der Waals surface area contributed by atoms with E-state index in [9.17, 15) is 4.79 Å². The molecule has 0 radical (unpaired) electrons. The van der Waals surface area contributed by atoms with Crippen molar-refractivity contribution in [2.24, 2.45) is 0 Å².